The molecule has 1 aliphatic rings. The molecule has 134 valence electrons. The van der Waals surface area contributed by atoms with E-state index in [1.807, 2.05) is 0 Å². The van der Waals surface area contributed by atoms with Crippen LogP contribution in [0.5, 0.6) is 11.5 Å². The summed E-state index contributed by atoms with van der Waals surface area (Å²) in [5.74, 6) is 1.91. The third-order valence-corrected chi connectivity index (χ3v) is 4.44. The maximum absolute atomic E-state index is 5.87. The monoisotopic (exact) mass is 340 g/mol. The zero-order valence-corrected chi connectivity index (χ0v) is 15.7. The van der Waals surface area contributed by atoms with Crippen LogP contribution in [0.15, 0.2) is 36.4 Å². The van der Waals surface area contributed by atoms with Crippen molar-refractivity contribution in [3.05, 3.63) is 47.5 Å². The summed E-state index contributed by atoms with van der Waals surface area (Å²) in [6.45, 7) is 3.26. The molecule has 0 heterocycles. The van der Waals surface area contributed by atoms with Gasteiger partial charge in [0.25, 0.3) is 0 Å². The third kappa shape index (κ3) is 4.53. The van der Waals surface area contributed by atoms with E-state index in [0.29, 0.717) is 13.2 Å². The minimum atomic E-state index is 0.711. The molecule has 0 aliphatic heterocycles. The van der Waals surface area contributed by atoms with E-state index in [1.54, 1.807) is 0 Å². The fourth-order valence-electron chi connectivity index (χ4n) is 3.04. The van der Waals surface area contributed by atoms with Crippen molar-refractivity contribution in [2.45, 2.75) is 6.42 Å². The zero-order valence-electron chi connectivity index (χ0n) is 15.7. The predicted molar refractivity (Wildman–Crippen MR) is 103 cm³/mol. The Hall–Kier alpha value is -2.04. The van der Waals surface area contributed by atoms with E-state index < -0.39 is 0 Å². The van der Waals surface area contributed by atoms with E-state index in [1.165, 1.54) is 22.3 Å². The Morgan fingerprint density at radius 3 is 1.56 bits per heavy atom. The smallest absolute Gasteiger partial charge is 0.119 e. The van der Waals surface area contributed by atoms with Crippen LogP contribution in [0.2, 0.25) is 0 Å². The van der Waals surface area contributed by atoms with E-state index in [0.717, 1.165) is 31.0 Å². The van der Waals surface area contributed by atoms with Crippen LogP contribution in [0, 0.1) is 0 Å². The second-order valence-electron chi connectivity index (χ2n) is 7.12. The summed E-state index contributed by atoms with van der Waals surface area (Å²) in [5, 5.41) is 0. The summed E-state index contributed by atoms with van der Waals surface area (Å²) in [4.78, 5) is 4.25. The van der Waals surface area contributed by atoms with Crippen LogP contribution in [0.4, 0.5) is 0 Å². The van der Waals surface area contributed by atoms with Crippen LogP contribution in [-0.2, 0) is 6.42 Å². The van der Waals surface area contributed by atoms with E-state index in [2.05, 4.69) is 74.4 Å². The summed E-state index contributed by atoms with van der Waals surface area (Å²) in [6.07, 6.45) is 0.945. The fourth-order valence-corrected chi connectivity index (χ4v) is 3.04. The van der Waals surface area contributed by atoms with Crippen molar-refractivity contribution in [3.63, 3.8) is 0 Å². The van der Waals surface area contributed by atoms with E-state index >= 15 is 0 Å². The molecule has 3 rings (SSSR count). The number of rotatable bonds is 8. The Labute approximate surface area is 151 Å². The molecule has 0 amide bonds. The summed E-state index contributed by atoms with van der Waals surface area (Å²) in [7, 11) is 8.23. The average Bonchev–Trinajstić information content (AvgIpc) is 2.91. The lowest BCUT2D eigenvalue weighted by atomic mass is 10.1. The molecule has 0 fully saturated rings. The second-order valence-corrected chi connectivity index (χ2v) is 7.12. The molecule has 0 radical (unpaired) electrons. The van der Waals surface area contributed by atoms with Gasteiger partial charge in [-0.05, 0) is 81.1 Å². The van der Waals surface area contributed by atoms with Crippen molar-refractivity contribution in [1.29, 1.82) is 0 Å². The largest absolute Gasteiger partial charge is 0.492 e. The van der Waals surface area contributed by atoms with Crippen LogP contribution in [0.3, 0.4) is 0 Å². The minimum absolute atomic E-state index is 0.711. The van der Waals surface area contributed by atoms with Gasteiger partial charge in [0.1, 0.15) is 24.7 Å². The predicted octanol–water partition coefficient (Wildman–Crippen LogP) is 3.14. The number of hydrogen-bond donors (Lipinski definition) is 0. The number of ether oxygens (including phenoxy) is 2. The first kappa shape index (κ1) is 17.8. The van der Waals surface area contributed by atoms with E-state index in [4.69, 9.17) is 9.47 Å². The molecule has 2 aromatic carbocycles. The van der Waals surface area contributed by atoms with Crippen molar-refractivity contribution in [2.75, 3.05) is 54.5 Å². The Kier molecular flexibility index (Phi) is 5.61. The Morgan fingerprint density at radius 1 is 0.720 bits per heavy atom. The van der Waals surface area contributed by atoms with Crippen LogP contribution in [0.25, 0.3) is 11.1 Å². The fraction of sp³-hybridized carbons (Fsp3) is 0.429. The maximum atomic E-state index is 5.87. The highest BCUT2D eigenvalue weighted by atomic mass is 16.5. The summed E-state index contributed by atoms with van der Waals surface area (Å²) < 4.78 is 11.7. The quantitative estimate of drug-likeness (QED) is 0.629. The number of fused-ring (bicyclic) bond motifs is 3. The van der Waals surface area contributed by atoms with Crippen molar-refractivity contribution in [1.82, 2.24) is 9.80 Å². The molecular weight excluding hydrogens is 312 g/mol. The topological polar surface area (TPSA) is 24.9 Å². The SMILES string of the molecule is CN(C)CCOc1ccc2c(c1)Cc1cc(OCCN(C)C)ccc1-2. The molecular formula is C21H28N2O2. The second kappa shape index (κ2) is 7.89. The van der Waals surface area contributed by atoms with Gasteiger partial charge in [-0.2, -0.15) is 0 Å². The highest BCUT2D eigenvalue weighted by Crippen LogP contribution is 2.39. The average molecular weight is 340 g/mol. The van der Waals surface area contributed by atoms with Gasteiger partial charge in [-0.1, -0.05) is 12.1 Å². The van der Waals surface area contributed by atoms with Gasteiger partial charge in [0.15, 0.2) is 0 Å². The van der Waals surface area contributed by atoms with Gasteiger partial charge in [0, 0.05) is 13.1 Å². The number of nitrogens with zero attached hydrogens (tertiary/aromatic N) is 2. The molecule has 4 heteroatoms. The summed E-state index contributed by atoms with van der Waals surface area (Å²) in [5.41, 5.74) is 5.30. The van der Waals surface area contributed by atoms with Crippen LogP contribution in [0.1, 0.15) is 11.1 Å². The van der Waals surface area contributed by atoms with Gasteiger partial charge in [-0.3, -0.25) is 0 Å². The van der Waals surface area contributed by atoms with Gasteiger partial charge in [-0.25, -0.2) is 0 Å². The lowest BCUT2D eigenvalue weighted by Crippen LogP contribution is -2.19. The standard InChI is InChI=1S/C21H28N2O2/c1-22(2)9-11-24-18-5-7-20-16(14-18)13-17-15-19(6-8-21(17)20)25-12-10-23(3)4/h5-8,14-15H,9-13H2,1-4H3. The van der Waals surface area contributed by atoms with Crippen LogP contribution in [-0.4, -0.2) is 64.3 Å². The molecule has 0 atom stereocenters. The van der Waals surface area contributed by atoms with E-state index in [-0.39, 0.29) is 0 Å². The van der Waals surface area contributed by atoms with Crippen LogP contribution < -0.4 is 9.47 Å². The van der Waals surface area contributed by atoms with Crippen LogP contribution >= 0.6 is 0 Å². The third-order valence-electron chi connectivity index (χ3n) is 4.44. The molecule has 25 heavy (non-hydrogen) atoms. The molecule has 0 saturated heterocycles. The molecule has 0 bridgehead atoms. The molecule has 0 unspecified atom stereocenters. The Bertz CT molecular complexity index is 664. The molecule has 0 saturated carbocycles. The lowest BCUT2D eigenvalue weighted by molar-refractivity contribution is 0.261. The summed E-state index contributed by atoms with van der Waals surface area (Å²) in [6, 6.07) is 12.9. The van der Waals surface area contributed by atoms with Gasteiger partial charge < -0.3 is 19.3 Å². The first-order valence-corrected chi connectivity index (χ1v) is 8.84. The number of likely N-dealkylation sites (N-methyl/N-ethyl adjacent to an activating group) is 2. The van der Waals surface area contributed by atoms with Crippen molar-refractivity contribution < 1.29 is 9.47 Å². The molecule has 0 aromatic heterocycles. The van der Waals surface area contributed by atoms with Crippen molar-refractivity contribution >= 4 is 0 Å². The highest BCUT2D eigenvalue weighted by Gasteiger charge is 2.19. The maximum Gasteiger partial charge on any atom is 0.119 e. The summed E-state index contributed by atoms with van der Waals surface area (Å²) >= 11 is 0. The molecule has 0 N–H and O–H groups in total. The highest BCUT2D eigenvalue weighted by molar-refractivity contribution is 5.78. The minimum Gasteiger partial charge on any atom is -0.492 e. The molecule has 4 nitrogen and oxygen atoms in total. The number of benzene rings is 2. The van der Waals surface area contributed by atoms with Gasteiger partial charge in [0.2, 0.25) is 0 Å². The van der Waals surface area contributed by atoms with Gasteiger partial charge >= 0.3 is 0 Å². The Balaban J connectivity index is 1.66. The molecule has 0 spiro atoms. The van der Waals surface area contributed by atoms with Crippen molar-refractivity contribution in [2.24, 2.45) is 0 Å². The van der Waals surface area contributed by atoms with Gasteiger partial charge in [-0.15, -0.1) is 0 Å². The number of hydrogen-bond acceptors (Lipinski definition) is 4. The van der Waals surface area contributed by atoms with Crippen molar-refractivity contribution in [3.8, 4) is 22.6 Å². The molecule has 1 aliphatic carbocycles. The van der Waals surface area contributed by atoms with Gasteiger partial charge in [0.05, 0.1) is 0 Å². The lowest BCUT2D eigenvalue weighted by Gasteiger charge is -2.12. The normalized spacial score (nSPS) is 12.4. The first-order chi connectivity index (χ1) is 12.0. The zero-order chi connectivity index (χ0) is 17.8. The first-order valence-electron chi connectivity index (χ1n) is 8.84. The Morgan fingerprint density at radius 2 is 1.16 bits per heavy atom. The van der Waals surface area contributed by atoms with E-state index in [9.17, 15) is 0 Å². The molecule has 2 aromatic rings.